The summed E-state index contributed by atoms with van der Waals surface area (Å²) in [5.74, 6) is 0.980. The van der Waals surface area contributed by atoms with Crippen LogP contribution >= 0.6 is 0 Å². The lowest BCUT2D eigenvalue weighted by Gasteiger charge is -2.20. The first-order valence-corrected chi connectivity index (χ1v) is 8.94. The molecule has 7 nitrogen and oxygen atoms in total. The van der Waals surface area contributed by atoms with Crippen molar-refractivity contribution >= 4 is 28.2 Å². The maximum absolute atomic E-state index is 11.9. The number of aromatic nitrogens is 4. The molecule has 0 fully saturated rings. The molecule has 0 bridgehead atoms. The molecule has 138 valence electrons. The molecule has 3 aromatic heterocycles. The monoisotopic (exact) mass is 355 g/mol. The van der Waals surface area contributed by atoms with Crippen molar-refractivity contribution < 1.29 is 9.53 Å². The van der Waals surface area contributed by atoms with Crippen LogP contribution in [0.25, 0.3) is 22.1 Å². The zero-order valence-corrected chi connectivity index (χ0v) is 15.7. The Balaban J connectivity index is 1.89. The molecule has 3 rings (SSSR count). The number of nitrogens with one attached hydrogen (secondary N) is 1. The van der Waals surface area contributed by atoms with Gasteiger partial charge in [-0.3, -0.25) is 9.97 Å². The molecular formula is C19H25N5O2. The molecule has 7 heteroatoms. The van der Waals surface area contributed by atoms with Gasteiger partial charge in [-0.25, -0.2) is 9.78 Å². The lowest BCUT2D eigenvalue weighted by Crippen LogP contribution is -2.34. The van der Waals surface area contributed by atoms with Crippen LogP contribution < -0.4 is 5.32 Å². The molecule has 3 aromatic rings. The number of pyridine rings is 2. The summed E-state index contributed by atoms with van der Waals surface area (Å²) in [6.07, 6.45) is 4.98. The number of carbonyl (C=O) groups excluding carboxylic acids is 1. The van der Waals surface area contributed by atoms with Crippen molar-refractivity contribution in [1.82, 2.24) is 24.8 Å². The summed E-state index contributed by atoms with van der Waals surface area (Å²) in [5.41, 5.74) is 2.95. The molecule has 1 amide bonds. The van der Waals surface area contributed by atoms with E-state index >= 15 is 0 Å². The van der Waals surface area contributed by atoms with Gasteiger partial charge in [0.15, 0.2) is 0 Å². The van der Waals surface area contributed by atoms with Crippen molar-refractivity contribution in [1.29, 1.82) is 0 Å². The van der Waals surface area contributed by atoms with Crippen molar-refractivity contribution in [3.05, 3.63) is 30.4 Å². The Morgan fingerprint density at radius 1 is 1.27 bits per heavy atom. The van der Waals surface area contributed by atoms with Gasteiger partial charge >= 0.3 is 6.09 Å². The van der Waals surface area contributed by atoms with Crippen molar-refractivity contribution in [3.8, 4) is 0 Å². The summed E-state index contributed by atoms with van der Waals surface area (Å²) in [4.78, 5) is 25.6. The van der Waals surface area contributed by atoms with Crippen molar-refractivity contribution in [2.45, 2.75) is 52.7 Å². The average Bonchev–Trinajstić information content (AvgIpc) is 2.92. The fourth-order valence-corrected chi connectivity index (χ4v) is 2.91. The number of aryl methyl sites for hydroxylation is 1. The molecule has 0 spiro atoms. The van der Waals surface area contributed by atoms with E-state index in [0.29, 0.717) is 13.1 Å². The second kappa shape index (κ2) is 7.27. The summed E-state index contributed by atoms with van der Waals surface area (Å²) < 4.78 is 7.43. The normalized spacial score (nSPS) is 11.8. The number of rotatable bonds is 5. The molecule has 0 radical (unpaired) electrons. The highest BCUT2D eigenvalue weighted by atomic mass is 16.6. The van der Waals surface area contributed by atoms with Crippen LogP contribution in [0.4, 0.5) is 4.79 Å². The Labute approximate surface area is 152 Å². The van der Waals surface area contributed by atoms with Gasteiger partial charge in [-0.1, -0.05) is 6.92 Å². The Morgan fingerprint density at radius 2 is 2.08 bits per heavy atom. The van der Waals surface area contributed by atoms with Crippen molar-refractivity contribution in [3.63, 3.8) is 0 Å². The lowest BCUT2D eigenvalue weighted by molar-refractivity contribution is 0.0526. The van der Waals surface area contributed by atoms with Crippen molar-refractivity contribution in [2.24, 2.45) is 0 Å². The Bertz CT molecular complexity index is 927. The summed E-state index contributed by atoms with van der Waals surface area (Å²) >= 11 is 0. The van der Waals surface area contributed by atoms with E-state index in [1.807, 2.05) is 32.9 Å². The molecule has 1 N–H and O–H groups in total. The molecule has 0 saturated carbocycles. The zero-order chi connectivity index (χ0) is 18.7. The zero-order valence-electron chi connectivity index (χ0n) is 15.7. The molecule has 0 aliphatic rings. The van der Waals surface area contributed by atoms with Gasteiger partial charge in [-0.15, -0.1) is 0 Å². The third kappa shape index (κ3) is 3.92. The minimum Gasteiger partial charge on any atom is -0.444 e. The molecular weight excluding hydrogens is 330 g/mol. The molecule has 0 unspecified atom stereocenters. The largest absolute Gasteiger partial charge is 0.444 e. The highest BCUT2D eigenvalue weighted by Crippen LogP contribution is 2.23. The maximum atomic E-state index is 11.9. The number of carbonyl (C=O) groups is 1. The van der Waals surface area contributed by atoms with E-state index in [9.17, 15) is 4.79 Å². The van der Waals surface area contributed by atoms with Crippen LogP contribution in [0.1, 0.15) is 39.9 Å². The molecule has 26 heavy (non-hydrogen) atoms. The van der Waals surface area contributed by atoms with Gasteiger partial charge in [0.05, 0.1) is 17.2 Å². The van der Waals surface area contributed by atoms with Crippen LogP contribution in [0.3, 0.4) is 0 Å². The summed E-state index contributed by atoms with van der Waals surface area (Å²) in [6.45, 7) is 8.71. The summed E-state index contributed by atoms with van der Waals surface area (Å²) in [6, 6.07) is 3.82. The molecule has 0 saturated heterocycles. The average molecular weight is 355 g/mol. The van der Waals surface area contributed by atoms with E-state index in [-0.39, 0.29) is 0 Å². The van der Waals surface area contributed by atoms with Gasteiger partial charge in [-0.05, 0) is 39.3 Å². The first-order valence-electron chi connectivity index (χ1n) is 8.94. The minimum absolute atomic E-state index is 0.413. The van der Waals surface area contributed by atoms with Crippen LogP contribution in [-0.4, -0.2) is 37.8 Å². The number of nitrogens with zero attached hydrogens (tertiary/aromatic N) is 4. The fraction of sp³-hybridized carbons (Fsp3) is 0.474. The van der Waals surface area contributed by atoms with Gasteiger partial charge in [0.25, 0.3) is 0 Å². The minimum atomic E-state index is -0.509. The number of fused-ring (bicyclic) bond motifs is 3. The predicted molar refractivity (Wildman–Crippen MR) is 101 cm³/mol. The quantitative estimate of drug-likeness (QED) is 0.758. The number of ether oxygens (including phenoxy) is 1. The van der Waals surface area contributed by atoms with Crippen molar-refractivity contribution in [2.75, 3.05) is 6.54 Å². The lowest BCUT2D eigenvalue weighted by atomic mass is 10.2. The number of imidazole rings is 1. The van der Waals surface area contributed by atoms with E-state index < -0.39 is 11.7 Å². The van der Waals surface area contributed by atoms with Crippen LogP contribution in [0, 0.1) is 0 Å². The fourth-order valence-electron chi connectivity index (χ4n) is 2.91. The Hall–Kier alpha value is -2.70. The van der Waals surface area contributed by atoms with E-state index in [0.717, 1.165) is 40.7 Å². The number of hydrogen-bond donors (Lipinski definition) is 1. The smallest absolute Gasteiger partial charge is 0.407 e. The van der Waals surface area contributed by atoms with Crippen LogP contribution in [0.2, 0.25) is 0 Å². The molecule has 0 atom stereocenters. The van der Waals surface area contributed by atoms with Gasteiger partial charge < -0.3 is 14.6 Å². The highest BCUT2D eigenvalue weighted by molar-refractivity contribution is 5.99. The summed E-state index contributed by atoms with van der Waals surface area (Å²) in [7, 11) is 0. The second-order valence-electron chi connectivity index (χ2n) is 7.22. The second-order valence-corrected chi connectivity index (χ2v) is 7.22. The van der Waals surface area contributed by atoms with Crippen LogP contribution in [-0.2, 0) is 17.7 Å². The van der Waals surface area contributed by atoms with Crippen LogP contribution in [0.15, 0.2) is 24.5 Å². The topological polar surface area (TPSA) is 81.9 Å². The van der Waals surface area contributed by atoms with E-state index in [2.05, 4.69) is 26.8 Å². The first kappa shape index (κ1) is 18.1. The van der Waals surface area contributed by atoms with Gasteiger partial charge in [0.2, 0.25) is 0 Å². The van der Waals surface area contributed by atoms with Gasteiger partial charge in [0, 0.05) is 25.7 Å². The maximum Gasteiger partial charge on any atom is 0.407 e. The number of hydrogen-bond acceptors (Lipinski definition) is 5. The standard InChI is InChI=1S/C19H25N5O2/c1-5-7-15-23-14-12-22-13-8-6-9-20-16(13)17(14)24(15)11-10-21-18(25)26-19(2,3)4/h6,8-9,12H,5,7,10-11H2,1-4H3,(H,21,25). The third-order valence-electron chi connectivity index (χ3n) is 3.89. The third-order valence-corrected chi connectivity index (χ3v) is 3.89. The Morgan fingerprint density at radius 3 is 2.81 bits per heavy atom. The first-order chi connectivity index (χ1) is 12.4. The van der Waals surface area contributed by atoms with Crippen LogP contribution in [0.5, 0.6) is 0 Å². The highest BCUT2D eigenvalue weighted by Gasteiger charge is 2.17. The van der Waals surface area contributed by atoms with E-state index in [1.165, 1.54) is 0 Å². The molecule has 0 aliphatic heterocycles. The molecule has 0 aliphatic carbocycles. The number of alkyl carbamates (subject to hydrolysis) is 1. The van der Waals surface area contributed by atoms with E-state index in [4.69, 9.17) is 9.72 Å². The molecule has 0 aromatic carbocycles. The van der Waals surface area contributed by atoms with Gasteiger partial charge in [0.1, 0.15) is 22.5 Å². The van der Waals surface area contributed by atoms with Gasteiger partial charge in [-0.2, -0.15) is 0 Å². The predicted octanol–water partition coefficient (Wildman–Crippen LogP) is 3.46. The Kier molecular flexibility index (Phi) is 5.06. The number of amides is 1. The SMILES string of the molecule is CCCc1nc2cnc3cccnc3c2n1CCNC(=O)OC(C)(C)C. The molecule has 3 heterocycles. The summed E-state index contributed by atoms with van der Waals surface area (Å²) in [5, 5.41) is 2.81. The van der Waals surface area contributed by atoms with E-state index in [1.54, 1.807) is 12.4 Å².